The maximum atomic E-state index is 11.2. The van der Waals surface area contributed by atoms with Crippen molar-refractivity contribution >= 4 is 43.0 Å². The first-order chi connectivity index (χ1) is 7.58. The van der Waals surface area contributed by atoms with Gasteiger partial charge >= 0.3 is 0 Å². The number of anilines is 2. The average Bonchev–Trinajstić information content (AvgIpc) is 2.55. The van der Waals surface area contributed by atoms with Gasteiger partial charge in [0.05, 0.1) is 0 Å². The fourth-order valence-corrected chi connectivity index (χ4v) is 3.65. The Kier molecular flexibility index (Phi) is 3.33. The molecule has 0 radical (unpaired) electrons. The minimum absolute atomic E-state index is 0.0852. The molecule has 0 aliphatic carbocycles. The summed E-state index contributed by atoms with van der Waals surface area (Å²) in [7, 11) is 2.52. The highest BCUT2D eigenvalue weighted by molar-refractivity contribution is 7.70. The summed E-state index contributed by atoms with van der Waals surface area (Å²) >= 11 is 5.88. The Labute approximate surface area is 106 Å². The summed E-state index contributed by atoms with van der Waals surface area (Å²) in [6, 6.07) is 6.06. The van der Waals surface area contributed by atoms with Gasteiger partial charge in [0.2, 0.25) is 0 Å². The zero-order valence-electron chi connectivity index (χ0n) is 8.83. The number of rotatable bonds is 2. The van der Waals surface area contributed by atoms with Gasteiger partial charge in [-0.05, 0) is 47.4 Å². The lowest BCUT2D eigenvalue weighted by Crippen LogP contribution is -1.93. The molecular weight excluding hydrogens is 262 g/mol. The standard InChI is InChI=1S/C11H10ClNOS2/c1-6-3-4-8(5-7(6)2)13-10-9(12)11(14)16-15-10/h3-5,13H,1-2H3. The summed E-state index contributed by atoms with van der Waals surface area (Å²) in [4.78, 5) is 11.2. The summed E-state index contributed by atoms with van der Waals surface area (Å²) in [5, 5.41) is 4.17. The van der Waals surface area contributed by atoms with Crippen LogP contribution >= 0.6 is 32.3 Å². The lowest BCUT2D eigenvalue weighted by molar-refractivity contribution is 1.34. The average molecular weight is 272 g/mol. The van der Waals surface area contributed by atoms with Crippen molar-refractivity contribution in [2.24, 2.45) is 0 Å². The highest BCUT2D eigenvalue weighted by atomic mass is 35.5. The third-order valence-electron chi connectivity index (χ3n) is 2.34. The van der Waals surface area contributed by atoms with Crippen LogP contribution in [-0.4, -0.2) is 0 Å². The van der Waals surface area contributed by atoms with Gasteiger partial charge < -0.3 is 5.32 Å². The molecule has 2 aromatic rings. The predicted molar refractivity (Wildman–Crippen MR) is 72.7 cm³/mol. The predicted octanol–water partition coefficient (Wildman–Crippen LogP) is 4.18. The van der Waals surface area contributed by atoms with Crippen molar-refractivity contribution in [1.82, 2.24) is 0 Å². The Bertz CT molecular complexity index is 574. The molecule has 0 bridgehead atoms. The molecule has 16 heavy (non-hydrogen) atoms. The fourth-order valence-electron chi connectivity index (χ4n) is 1.27. The van der Waals surface area contributed by atoms with Gasteiger partial charge in [-0.25, -0.2) is 0 Å². The molecule has 0 aliphatic rings. The topological polar surface area (TPSA) is 29.1 Å². The third-order valence-corrected chi connectivity index (χ3v) is 5.04. The molecule has 0 atom stereocenters. The van der Waals surface area contributed by atoms with E-state index in [0.29, 0.717) is 0 Å². The first-order valence-electron chi connectivity index (χ1n) is 4.71. The minimum atomic E-state index is -0.0852. The van der Waals surface area contributed by atoms with Crippen LogP contribution in [0, 0.1) is 13.8 Å². The lowest BCUT2D eigenvalue weighted by atomic mass is 10.1. The molecule has 0 saturated heterocycles. The number of nitrogens with one attached hydrogen (secondary N) is 1. The van der Waals surface area contributed by atoms with E-state index >= 15 is 0 Å². The van der Waals surface area contributed by atoms with Gasteiger partial charge in [-0.3, -0.25) is 4.79 Å². The van der Waals surface area contributed by atoms with E-state index in [9.17, 15) is 4.79 Å². The molecule has 0 amide bonds. The molecule has 84 valence electrons. The van der Waals surface area contributed by atoms with E-state index < -0.39 is 0 Å². The first-order valence-corrected chi connectivity index (χ1v) is 7.23. The molecule has 2 nitrogen and oxygen atoms in total. The van der Waals surface area contributed by atoms with Crippen LogP contribution in [0.25, 0.3) is 0 Å². The van der Waals surface area contributed by atoms with Gasteiger partial charge in [-0.2, -0.15) is 0 Å². The first kappa shape index (κ1) is 11.6. The lowest BCUT2D eigenvalue weighted by Gasteiger charge is -2.06. The van der Waals surface area contributed by atoms with Crippen LogP contribution in [0.3, 0.4) is 0 Å². The van der Waals surface area contributed by atoms with E-state index in [4.69, 9.17) is 11.6 Å². The Hall–Kier alpha value is -0.840. The second kappa shape index (κ2) is 4.57. The second-order valence-electron chi connectivity index (χ2n) is 3.52. The van der Waals surface area contributed by atoms with Crippen LogP contribution in [0.15, 0.2) is 23.0 Å². The van der Waals surface area contributed by atoms with Gasteiger partial charge in [0.15, 0.2) is 0 Å². The zero-order valence-corrected chi connectivity index (χ0v) is 11.2. The number of halogens is 1. The van der Waals surface area contributed by atoms with E-state index in [1.807, 2.05) is 18.2 Å². The number of hydrogen-bond donors (Lipinski definition) is 1. The second-order valence-corrected chi connectivity index (χ2v) is 6.01. The highest BCUT2D eigenvalue weighted by Gasteiger charge is 2.08. The van der Waals surface area contributed by atoms with Crippen molar-refractivity contribution in [1.29, 1.82) is 0 Å². The Morgan fingerprint density at radius 3 is 2.50 bits per heavy atom. The summed E-state index contributed by atoms with van der Waals surface area (Å²) < 4.78 is -0.0852. The largest absolute Gasteiger partial charge is 0.345 e. The van der Waals surface area contributed by atoms with Crippen LogP contribution in [0.1, 0.15) is 11.1 Å². The van der Waals surface area contributed by atoms with Crippen LogP contribution < -0.4 is 10.1 Å². The maximum absolute atomic E-state index is 11.2. The molecule has 1 aromatic heterocycles. The monoisotopic (exact) mass is 271 g/mol. The van der Waals surface area contributed by atoms with Gasteiger partial charge in [0.1, 0.15) is 10.0 Å². The molecule has 1 N–H and O–H groups in total. The Morgan fingerprint density at radius 1 is 1.19 bits per heavy atom. The van der Waals surface area contributed by atoms with E-state index in [1.165, 1.54) is 21.5 Å². The number of aryl methyl sites for hydroxylation is 2. The minimum Gasteiger partial charge on any atom is -0.345 e. The van der Waals surface area contributed by atoms with Crippen molar-refractivity contribution < 1.29 is 0 Å². The third kappa shape index (κ3) is 2.29. The van der Waals surface area contributed by atoms with E-state index in [2.05, 4.69) is 19.2 Å². The normalized spacial score (nSPS) is 10.4. The number of hydrogen-bond acceptors (Lipinski definition) is 4. The van der Waals surface area contributed by atoms with Crippen molar-refractivity contribution in [3.8, 4) is 0 Å². The van der Waals surface area contributed by atoms with E-state index in [1.54, 1.807) is 0 Å². The molecule has 0 aliphatic heterocycles. The smallest absolute Gasteiger partial charge is 0.263 e. The van der Waals surface area contributed by atoms with Crippen molar-refractivity contribution in [2.45, 2.75) is 13.8 Å². The highest BCUT2D eigenvalue weighted by Crippen LogP contribution is 2.30. The van der Waals surface area contributed by atoms with Gasteiger partial charge in [0.25, 0.3) is 4.74 Å². The van der Waals surface area contributed by atoms with Crippen LogP contribution in [0.2, 0.25) is 5.02 Å². The molecular formula is C11H10ClNOS2. The van der Waals surface area contributed by atoms with Crippen LogP contribution in [0.5, 0.6) is 0 Å². The molecule has 5 heteroatoms. The fraction of sp³-hybridized carbons (Fsp3) is 0.182. The molecule has 0 fully saturated rings. The van der Waals surface area contributed by atoms with E-state index in [-0.39, 0.29) is 9.77 Å². The quantitative estimate of drug-likeness (QED) is 0.830. The Balaban J connectivity index is 2.31. The molecule has 0 spiro atoms. The molecule has 0 unspecified atom stereocenters. The zero-order chi connectivity index (χ0) is 11.7. The van der Waals surface area contributed by atoms with E-state index in [0.717, 1.165) is 21.0 Å². The van der Waals surface area contributed by atoms with Crippen molar-refractivity contribution in [2.75, 3.05) is 5.32 Å². The molecule has 2 rings (SSSR count). The summed E-state index contributed by atoms with van der Waals surface area (Å²) in [6.07, 6.45) is 0. The summed E-state index contributed by atoms with van der Waals surface area (Å²) in [5.41, 5.74) is 3.41. The summed E-state index contributed by atoms with van der Waals surface area (Å²) in [5.74, 6) is 0. The van der Waals surface area contributed by atoms with Gasteiger partial charge in [-0.15, -0.1) is 0 Å². The molecule has 1 aromatic carbocycles. The van der Waals surface area contributed by atoms with Gasteiger partial charge in [0, 0.05) is 5.69 Å². The number of benzene rings is 1. The van der Waals surface area contributed by atoms with Gasteiger partial charge in [-0.1, -0.05) is 28.0 Å². The maximum Gasteiger partial charge on any atom is 0.263 e. The Morgan fingerprint density at radius 2 is 1.94 bits per heavy atom. The van der Waals surface area contributed by atoms with Crippen molar-refractivity contribution in [3.63, 3.8) is 0 Å². The summed E-state index contributed by atoms with van der Waals surface area (Å²) in [6.45, 7) is 4.12. The van der Waals surface area contributed by atoms with Crippen LogP contribution in [-0.2, 0) is 0 Å². The SMILES string of the molecule is Cc1ccc(Nc2ssc(=O)c2Cl)cc1C. The molecule has 0 saturated carbocycles. The van der Waals surface area contributed by atoms with Crippen molar-refractivity contribution in [3.05, 3.63) is 43.9 Å². The molecule has 1 heterocycles. The van der Waals surface area contributed by atoms with Crippen LogP contribution in [0.4, 0.5) is 10.7 Å².